The minimum Gasteiger partial charge on any atom is -0.493 e. The number of ether oxygens (including phenoxy) is 3. The molecule has 3 aromatic rings. The van der Waals surface area contributed by atoms with Gasteiger partial charge in [-0.15, -0.1) is 0 Å². The van der Waals surface area contributed by atoms with Crippen molar-refractivity contribution >= 4 is 21.7 Å². The van der Waals surface area contributed by atoms with Crippen molar-refractivity contribution in [1.82, 2.24) is 0 Å². The van der Waals surface area contributed by atoms with Gasteiger partial charge in [0.25, 0.3) is 0 Å². The molecule has 0 amide bonds. The largest absolute Gasteiger partial charge is 0.493 e. The molecule has 1 aromatic heterocycles. The molecule has 0 spiro atoms. The molecule has 0 atom stereocenters. The fraction of sp³-hybridized carbons (Fsp3) is 0.409. The first-order chi connectivity index (χ1) is 13.2. The summed E-state index contributed by atoms with van der Waals surface area (Å²) in [6, 6.07) is 11.2. The Morgan fingerprint density at radius 1 is 1.00 bits per heavy atom. The van der Waals surface area contributed by atoms with E-state index in [4.69, 9.17) is 18.6 Å². The number of unbranched alkanes of at least 4 members (excludes halogenated alkanes) is 1. The van der Waals surface area contributed by atoms with Gasteiger partial charge in [-0.2, -0.15) is 0 Å². The highest BCUT2D eigenvalue weighted by molar-refractivity contribution is 6.05. The highest BCUT2D eigenvalue weighted by Crippen LogP contribution is 2.30. The third-order valence-corrected chi connectivity index (χ3v) is 4.89. The molecule has 0 N–H and O–H groups in total. The maximum absolute atomic E-state index is 12.4. The van der Waals surface area contributed by atoms with E-state index in [1.807, 2.05) is 24.3 Å². The quantitative estimate of drug-likeness (QED) is 0.359. The molecule has 5 nitrogen and oxygen atoms in total. The summed E-state index contributed by atoms with van der Waals surface area (Å²) in [5.74, 6) is 1.48. The molecule has 1 saturated heterocycles. The summed E-state index contributed by atoms with van der Waals surface area (Å²) in [6.07, 6.45) is 3.99. The van der Waals surface area contributed by atoms with Crippen molar-refractivity contribution in [2.45, 2.75) is 38.7 Å². The van der Waals surface area contributed by atoms with Gasteiger partial charge in [-0.05, 0) is 36.8 Å². The lowest BCUT2D eigenvalue weighted by atomic mass is 10.1. The average molecular weight is 368 g/mol. The van der Waals surface area contributed by atoms with Crippen molar-refractivity contribution in [3.05, 3.63) is 46.8 Å². The Bertz CT molecular complexity index is 985. The zero-order valence-electron chi connectivity index (χ0n) is 15.5. The Morgan fingerprint density at radius 2 is 1.78 bits per heavy atom. The standard InChI is InChI=1S/C22H24O5/c1-2-3-10-25-16-4-6-18-20-13-17(26-15-8-11-24-12-9-15)5-7-19(20)22(23)27-21(18)14-16/h4-7,13-15H,2-3,8-12H2,1H3. The van der Waals surface area contributed by atoms with Crippen molar-refractivity contribution in [2.24, 2.45) is 0 Å². The Labute approximate surface area is 157 Å². The maximum atomic E-state index is 12.4. The van der Waals surface area contributed by atoms with Gasteiger partial charge in [0, 0.05) is 29.7 Å². The molecule has 2 aromatic carbocycles. The maximum Gasteiger partial charge on any atom is 0.344 e. The second-order valence-corrected chi connectivity index (χ2v) is 6.89. The molecule has 1 aliphatic rings. The highest BCUT2D eigenvalue weighted by atomic mass is 16.5. The van der Waals surface area contributed by atoms with Crippen LogP contribution >= 0.6 is 0 Å². The van der Waals surface area contributed by atoms with Gasteiger partial charge in [0.05, 0.1) is 25.2 Å². The van der Waals surface area contributed by atoms with Crippen molar-refractivity contribution in [3.63, 3.8) is 0 Å². The second kappa shape index (κ2) is 8.01. The van der Waals surface area contributed by atoms with Crippen LogP contribution in [-0.2, 0) is 4.74 Å². The lowest BCUT2D eigenvalue weighted by Crippen LogP contribution is -2.25. The van der Waals surface area contributed by atoms with E-state index < -0.39 is 0 Å². The number of benzene rings is 2. The van der Waals surface area contributed by atoms with E-state index >= 15 is 0 Å². The van der Waals surface area contributed by atoms with Crippen LogP contribution in [0, 0.1) is 0 Å². The Hall–Kier alpha value is -2.53. The van der Waals surface area contributed by atoms with Gasteiger partial charge < -0.3 is 18.6 Å². The first-order valence-electron chi connectivity index (χ1n) is 9.62. The monoisotopic (exact) mass is 368 g/mol. The molecule has 0 unspecified atom stereocenters. The summed E-state index contributed by atoms with van der Waals surface area (Å²) in [5.41, 5.74) is 0.186. The van der Waals surface area contributed by atoms with Crippen LogP contribution in [0.5, 0.6) is 11.5 Å². The summed E-state index contributed by atoms with van der Waals surface area (Å²) in [7, 11) is 0. The van der Waals surface area contributed by atoms with Gasteiger partial charge in [-0.3, -0.25) is 0 Å². The third kappa shape index (κ3) is 3.93. The Balaban J connectivity index is 1.69. The predicted molar refractivity (Wildman–Crippen MR) is 105 cm³/mol. The second-order valence-electron chi connectivity index (χ2n) is 6.89. The van der Waals surface area contributed by atoms with Crippen LogP contribution in [0.2, 0.25) is 0 Å². The van der Waals surface area contributed by atoms with Gasteiger partial charge in [-0.1, -0.05) is 13.3 Å². The van der Waals surface area contributed by atoms with E-state index in [1.54, 1.807) is 12.1 Å². The molecule has 1 aliphatic heterocycles. The van der Waals surface area contributed by atoms with Crippen LogP contribution in [0.3, 0.4) is 0 Å². The third-order valence-electron chi connectivity index (χ3n) is 4.89. The molecule has 0 bridgehead atoms. The van der Waals surface area contributed by atoms with Crippen molar-refractivity contribution < 1.29 is 18.6 Å². The smallest absolute Gasteiger partial charge is 0.344 e. The number of hydrogen-bond acceptors (Lipinski definition) is 5. The van der Waals surface area contributed by atoms with E-state index in [2.05, 4.69) is 6.92 Å². The fourth-order valence-electron chi connectivity index (χ4n) is 3.37. The van der Waals surface area contributed by atoms with E-state index in [0.717, 1.165) is 55.4 Å². The predicted octanol–water partition coefficient (Wildman–Crippen LogP) is 4.68. The van der Waals surface area contributed by atoms with Crippen LogP contribution in [0.15, 0.2) is 45.6 Å². The molecule has 0 radical (unpaired) electrons. The van der Waals surface area contributed by atoms with Crippen LogP contribution in [0.4, 0.5) is 0 Å². The lowest BCUT2D eigenvalue weighted by molar-refractivity contribution is 0.0256. The van der Waals surface area contributed by atoms with Crippen molar-refractivity contribution in [1.29, 1.82) is 0 Å². The Morgan fingerprint density at radius 3 is 2.59 bits per heavy atom. The van der Waals surface area contributed by atoms with Gasteiger partial charge in [0.15, 0.2) is 0 Å². The number of hydrogen-bond donors (Lipinski definition) is 0. The van der Waals surface area contributed by atoms with Crippen molar-refractivity contribution in [2.75, 3.05) is 19.8 Å². The van der Waals surface area contributed by atoms with Crippen LogP contribution in [0.25, 0.3) is 21.7 Å². The summed E-state index contributed by atoms with van der Waals surface area (Å²) in [6.45, 7) is 4.23. The van der Waals surface area contributed by atoms with Crippen LogP contribution in [0.1, 0.15) is 32.6 Å². The molecule has 5 heteroatoms. The van der Waals surface area contributed by atoms with Gasteiger partial charge in [0.2, 0.25) is 0 Å². The van der Waals surface area contributed by atoms with Gasteiger partial charge in [-0.25, -0.2) is 4.79 Å². The summed E-state index contributed by atoms with van der Waals surface area (Å²) in [5, 5.41) is 2.28. The normalized spacial score (nSPS) is 15.3. The molecule has 0 saturated carbocycles. The van der Waals surface area contributed by atoms with E-state index in [-0.39, 0.29) is 11.7 Å². The number of fused-ring (bicyclic) bond motifs is 3. The van der Waals surface area contributed by atoms with Gasteiger partial charge >= 0.3 is 5.63 Å². The minimum atomic E-state index is -0.346. The zero-order valence-corrected chi connectivity index (χ0v) is 15.5. The van der Waals surface area contributed by atoms with E-state index in [1.165, 1.54) is 0 Å². The molecule has 0 aliphatic carbocycles. The molecule has 142 valence electrons. The molecule has 2 heterocycles. The first kappa shape index (κ1) is 17.9. The summed E-state index contributed by atoms with van der Waals surface area (Å²) < 4.78 is 22.7. The highest BCUT2D eigenvalue weighted by Gasteiger charge is 2.16. The van der Waals surface area contributed by atoms with Crippen LogP contribution in [-0.4, -0.2) is 25.9 Å². The van der Waals surface area contributed by atoms with Crippen molar-refractivity contribution in [3.8, 4) is 11.5 Å². The lowest BCUT2D eigenvalue weighted by Gasteiger charge is -2.23. The van der Waals surface area contributed by atoms with Crippen LogP contribution < -0.4 is 15.1 Å². The molecular weight excluding hydrogens is 344 g/mol. The summed E-state index contributed by atoms with van der Waals surface area (Å²) in [4.78, 5) is 12.4. The number of rotatable bonds is 6. The van der Waals surface area contributed by atoms with E-state index in [0.29, 0.717) is 23.3 Å². The zero-order chi connectivity index (χ0) is 18.6. The summed E-state index contributed by atoms with van der Waals surface area (Å²) >= 11 is 0. The fourth-order valence-corrected chi connectivity index (χ4v) is 3.37. The minimum absolute atomic E-state index is 0.154. The van der Waals surface area contributed by atoms with E-state index in [9.17, 15) is 4.79 Å². The molecular formula is C22H24O5. The Kier molecular flexibility index (Phi) is 5.30. The molecule has 1 fully saturated rings. The topological polar surface area (TPSA) is 57.9 Å². The average Bonchev–Trinajstić information content (AvgIpc) is 2.69. The molecule has 4 rings (SSSR count). The SMILES string of the molecule is CCCCOc1ccc2c(c1)oc(=O)c1ccc(OC3CCOCC3)cc12. The van der Waals surface area contributed by atoms with Gasteiger partial charge in [0.1, 0.15) is 23.2 Å². The first-order valence-corrected chi connectivity index (χ1v) is 9.62. The molecule has 27 heavy (non-hydrogen) atoms.